The lowest BCUT2D eigenvalue weighted by Crippen LogP contribution is -2.48. The highest BCUT2D eigenvalue weighted by Crippen LogP contribution is 2.32. The molecule has 29 heavy (non-hydrogen) atoms. The van der Waals surface area contributed by atoms with Crippen molar-refractivity contribution in [2.24, 2.45) is 0 Å². The van der Waals surface area contributed by atoms with Gasteiger partial charge in [-0.1, -0.05) is 36.4 Å². The molecule has 6 heteroatoms. The Morgan fingerprint density at radius 1 is 1.07 bits per heavy atom. The molecule has 1 aliphatic heterocycles. The van der Waals surface area contributed by atoms with E-state index in [-0.39, 0.29) is 5.91 Å². The Hall–Kier alpha value is -2.70. The molecular formula is C23H23N3O2S. The molecule has 1 aliphatic rings. The maximum absolute atomic E-state index is 13.2. The molecule has 5 nitrogen and oxygen atoms in total. The van der Waals surface area contributed by atoms with E-state index in [1.807, 2.05) is 36.9 Å². The summed E-state index contributed by atoms with van der Waals surface area (Å²) in [7, 11) is 0. The molecular weight excluding hydrogens is 382 g/mol. The van der Waals surface area contributed by atoms with Crippen LogP contribution >= 0.6 is 11.3 Å². The van der Waals surface area contributed by atoms with Crippen LogP contribution in [0.25, 0.3) is 21.7 Å². The van der Waals surface area contributed by atoms with Crippen molar-refractivity contribution in [2.75, 3.05) is 26.2 Å². The summed E-state index contributed by atoms with van der Waals surface area (Å²) in [6, 6.07) is 12.3. The van der Waals surface area contributed by atoms with Crippen molar-refractivity contribution in [3.63, 3.8) is 0 Å². The van der Waals surface area contributed by atoms with E-state index >= 15 is 0 Å². The van der Waals surface area contributed by atoms with Crippen molar-refractivity contribution in [3.05, 3.63) is 63.8 Å². The fraction of sp³-hybridized carbons (Fsp3) is 0.304. The number of aromatic nitrogens is 1. The number of carbonyl (C=O) groups excluding carboxylic acids is 1. The second-order valence-corrected chi connectivity index (χ2v) is 8.71. The molecule has 1 saturated heterocycles. The first kappa shape index (κ1) is 18.3. The Balaban J connectivity index is 1.35. The number of thiazole rings is 1. The molecule has 1 amide bonds. The van der Waals surface area contributed by atoms with Gasteiger partial charge in [0.25, 0.3) is 5.91 Å². The van der Waals surface area contributed by atoms with Gasteiger partial charge < -0.3 is 9.32 Å². The fourth-order valence-electron chi connectivity index (χ4n) is 4.12. The van der Waals surface area contributed by atoms with Crippen molar-refractivity contribution < 1.29 is 9.21 Å². The van der Waals surface area contributed by atoms with Crippen molar-refractivity contribution in [3.8, 4) is 0 Å². The van der Waals surface area contributed by atoms with E-state index in [4.69, 9.17) is 4.42 Å². The maximum atomic E-state index is 13.2. The molecule has 1 fully saturated rings. The van der Waals surface area contributed by atoms with Crippen LogP contribution in [0.5, 0.6) is 0 Å². The third kappa shape index (κ3) is 3.32. The standard InChI is InChI=1S/C23H23N3O2S/c1-15-19-8-7-17-5-3-4-6-20(17)22(19)28-21(15)23(27)26-11-9-25(10-12-26)13-18-14-29-16(2)24-18/h3-8,14H,9-13H2,1-2H3. The SMILES string of the molecule is Cc1nc(CN2CCN(C(=O)c3oc4c(ccc5ccccc54)c3C)CC2)cs1. The number of piperazine rings is 1. The lowest BCUT2D eigenvalue weighted by molar-refractivity contribution is 0.0598. The van der Waals surface area contributed by atoms with Gasteiger partial charge in [0.05, 0.1) is 10.7 Å². The Morgan fingerprint density at radius 2 is 1.86 bits per heavy atom. The van der Waals surface area contributed by atoms with E-state index in [1.54, 1.807) is 11.3 Å². The number of amides is 1. The first-order valence-corrected chi connectivity index (χ1v) is 10.8. The highest BCUT2D eigenvalue weighted by molar-refractivity contribution is 7.09. The zero-order chi connectivity index (χ0) is 20.0. The summed E-state index contributed by atoms with van der Waals surface area (Å²) in [5.41, 5.74) is 2.85. The predicted molar refractivity (Wildman–Crippen MR) is 116 cm³/mol. The highest BCUT2D eigenvalue weighted by Gasteiger charge is 2.27. The zero-order valence-corrected chi connectivity index (χ0v) is 17.5. The van der Waals surface area contributed by atoms with E-state index in [0.717, 1.165) is 57.6 Å². The smallest absolute Gasteiger partial charge is 0.289 e. The van der Waals surface area contributed by atoms with E-state index in [1.165, 1.54) is 0 Å². The summed E-state index contributed by atoms with van der Waals surface area (Å²) >= 11 is 1.69. The Labute approximate surface area is 173 Å². The summed E-state index contributed by atoms with van der Waals surface area (Å²) in [6.45, 7) is 7.98. The van der Waals surface area contributed by atoms with Crippen LogP contribution in [0.3, 0.4) is 0 Å². The summed E-state index contributed by atoms with van der Waals surface area (Å²) in [4.78, 5) is 22.0. The Bertz CT molecular complexity index is 1200. The normalized spacial score (nSPS) is 15.4. The molecule has 0 radical (unpaired) electrons. The van der Waals surface area contributed by atoms with Gasteiger partial charge in [0, 0.05) is 54.4 Å². The van der Waals surface area contributed by atoms with E-state index in [2.05, 4.69) is 33.5 Å². The summed E-state index contributed by atoms with van der Waals surface area (Å²) in [5, 5.41) is 6.41. The number of hydrogen-bond acceptors (Lipinski definition) is 5. The van der Waals surface area contributed by atoms with Gasteiger partial charge in [-0.05, 0) is 19.2 Å². The van der Waals surface area contributed by atoms with Gasteiger partial charge in [-0.3, -0.25) is 9.69 Å². The van der Waals surface area contributed by atoms with E-state index < -0.39 is 0 Å². The highest BCUT2D eigenvalue weighted by atomic mass is 32.1. The van der Waals surface area contributed by atoms with Crippen molar-refractivity contribution in [2.45, 2.75) is 20.4 Å². The van der Waals surface area contributed by atoms with E-state index in [9.17, 15) is 4.79 Å². The van der Waals surface area contributed by atoms with Gasteiger partial charge in [-0.25, -0.2) is 4.98 Å². The number of aryl methyl sites for hydroxylation is 2. The number of nitrogens with zero attached hydrogens (tertiary/aromatic N) is 3. The molecule has 2 aromatic carbocycles. The zero-order valence-electron chi connectivity index (χ0n) is 16.6. The van der Waals surface area contributed by atoms with Gasteiger partial charge >= 0.3 is 0 Å². The first-order valence-electron chi connectivity index (χ1n) is 9.93. The van der Waals surface area contributed by atoms with Crippen LogP contribution < -0.4 is 0 Å². The molecule has 148 valence electrons. The number of carbonyl (C=O) groups is 1. The average molecular weight is 406 g/mol. The Kier molecular flexibility index (Phi) is 4.60. The van der Waals surface area contributed by atoms with Crippen LogP contribution in [0, 0.1) is 13.8 Å². The van der Waals surface area contributed by atoms with Crippen LogP contribution in [-0.4, -0.2) is 46.9 Å². The summed E-state index contributed by atoms with van der Waals surface area (Å²) < 4.78 is 6.14. The number of benzene rings is 2. The number of hydrogen-bond donors (Lipinski definition) is 0. The van der Waals surface area contributed by atoms with Crippen LogP contribution in [-0.2, 0) is 6.54 Å². The molecule has 5 rings (SSSR count). The fourth-order valence-corrected chi connectivity index (χ4v) is 4.72. The number of fused-ring (bicyclic) bond motifs is 3. The lowest BCUT2D eigenvalue weighted by atomic mass is 10.1. The summed E-state index contributed by atoms with van der Waals surface area (Å²) in [6.07, 6.45) is 0. The molecule has 0 N–H and O–H groups in total. The molecule has 0 bridgehead atoms. The molecule has 0 atom stereocenters. The lowest BCUT2D eigenvalue weighted by Gasteiger charge is -2.34. The molecule has 3 heterocycles. The first-order chi connectivity index (χ1) is 14.1. The van der Waals surface area contributed by atoms with Crippen molar-refractivity contribution in [1.82, 2.24) is 14.8 Å². The average Bonchev–Trinajstić information content (AvgIpc) is 3.31. The molecule has 0 unspecified atom stereocenters. The van der Waals surface area contributed by atoms with Crippen molar-refractivity contribution in [1.29, 1.82) is 0 Å². The minimum Gasteiger partial charge on any atom is -0.450 e. The second kappa shape index (κ2) is 7.28. The van der Waals surface area contributed by atoms with E-state index in [0.29, 0.717) is 18.8 Å². The topological polar surface area (TPSA) is 49.6 Å². The van der Waals surface area contributed by atoms with Crippen LogP contribution in [0.4, 0.5) is 0 Å². The van der Waals surface area contributed by atoms with Crippen LogP contribution in [0.15, 0.2) is 46.2 Å². The maximum Gasteiger partial charge on any atom is 0.289 e. The second-order valence-electron chi connectivity index (χ2n) is 7.65. The third-order valence-corrected chi connectivity index (χ3v) is 6.56. The van der Waals surface area contributed by atoms with Gasteiger partial charge in [0.2, 0.25) is 0 Å². The molecule has 0 spiro atoms. The van der Waals surface area contributed by atoms with Crippen LogP contribution in [0.1, 0.15) is 26.8 Å². The largest absolute Gasteiger partial charge is 0.450 e. The molecule has 0 aliphatic carbocycles. The Morgan fingerprint density at radius 3 is 2.62 bits per heavy atom. The number of furan rings is 1. The monoisotopic (exact) mass is 405 g/mol. The minimum absolute atomic E-state index is 0.00747. The minimum atomic E-state index is -0.00747. The van der Waals surface area contributed by atoms with Gasteiger partial charge in [-0.2, -0.15) is 0 Å². The third-order valence-electron chi connectivity index (χ3n) is 5.73. The molecule has 4 aromatic rings. The summed E-state index contributed by atoms with van der Waals surface area (Å²) in [5.74, 6) is 0.465. The van der Waals surface area contributed by atoms with Crippen LogP contribution in [0.2, 0.25) is 0 Å². The van der Waals surface area contributed by atoms with Gasteiger partial charge in [0.15, 0.2) is 5.76 Å². The predicted octanol–water partition coefficient (Wildman–Crippen LogP) is 4.62. The van der Waals surface area contributed by atoms with Gasteiger partial charge in [-0.15, -0.1) is 11.3 Å². The number of rotatable bonds is 3. The van der Waals surface area contributed by atoms with Crippen molar-refractivity contribution >= 4 is 39.0 Å². The quantitative estimate of drug-likeness (QED) is 0.499. The van der Waals surface area contributed by atoms with Gasteiger partial charge in [0.1, 0.15) is 5.58 Å². The molecule has 0 saturated carbocycles. The molecule has 2 aromatic heterocycles.